The van der Waals surface area contributed by atoms with Crippen LogP contribution in [-0.4, -0.2) is 12.5 Å². The Labute approximate surface area is 147 Å². The summed E-state index contributed by atoms with van der Waals surface area (Å²) in [6.07, 6.45) is 0.969. The van der Waals surface area contributed by atoms with Crippen molar-refractivity contribution in [1.82, 2.24) is 5.32 Å². The standard InChI is InChI=1S/C20H24F2N2O/c1-4-14-8-10-15(11-9-14)19(13(2)3)23-12-18(25)24-20-16(21)6-5-7-17(20)22/h5-11,13,19,23H,4,12H2,1-3H3,(H,24,25)/t19-/m1/s1. The van der Waals surface area contributed by atoms with Crippen molar-refractivity contribution in [3.05, 3.63) is 65.2 Å². The van der Waals surface area contributed by atoms with Crippen molar-refractivity contribution in [3.63, 3.8) is 0 Å². The van der Waals surface area contributed by atoms with Crippen LogP contribution in [0, 0.1) is 17.6 Å². The number of para-hydroxylation sites is 1. The second kappa shape index (κ2) is 8.72. The third kappa shape index (κ3) is 5.10. The normalized spacial score (nSPS) is 12.2. The summed E-state index contributed by atoms with van der Waals surface area (Å²) >= 11 is 0. The molecule has 0 spiro atoms. The lowest BCUT2D eigenvalue weighted by atomic mass is 9.95. The average molecular weight is 346 g/mol. The van der Waals surface area contributed by atoms with Crippen molar-refractivity contribution in [3.8, 4) is 0 Å². The maximum absolute atomic E-state index is 13.6. The van der Waals surface area contributed by atoms with Gasteiger partial charge in [-0.2, -0.15) is 0 Å². The van der Waals surface area contributed by atoms with E-state index in [-0.39, 0.29) is 18.5 Å². The zero-order valence-electron chi connectivity index (χ0n) is 14.8. The molecule has 0 bridgehead atoms. The van der Waals surface area contributed by atoms with E-state index in [4.69, 9.17) is 0 Å². The molecule has 0 aliphatic carbocycles. The van der Waals surface area contributed by atoms with Crippen molar-refractivity contribution in [2.75, 3.05) is 11.9 Å². The summed E-state index contributed by atoms with van der Waals surface area (Å²) in [4.78, 5) is 12.1. The summed E-state index contributed by atoms with van der Waals surface area (Å²) in [7, 11) is 0. The first-order valence-electron chi connectivity index (χ1n) is 8.48. The van der Waals surface area contributed by atoms with Crippen LogP contribution in [0.15, 0.2) is 42.5 Å². The molecule has 0 fully saturated rings. The molecule has 0 unspecified atom stereocenters. The summed E-state index contributed by atoms with van der Waals surface area (Å²) in [5, 5.41) is 5.47. The summed E-state index contributed by atoms with van der Waals surface area (Å²) in [6.45, 7) is 6.17. The Morgan fingerprint density at radius 1 is 1.04 bits per heavy atom. The molecule has 1 atom stereocenters. The monoisotopic (exact) mass is 346 g/mol. The van der Waals surface area contributed by atoms with Crippen molar-refractivity contribution in [2.24, 2.45) is 5.92 Å². The van der Waals surface area contributed by atoms with Gasteiger partial charge in [0.1, 0.15) is 17.3 Å². The maximum atomic E-state index is 13.6. The summed E-state index contributed by atoms with van der Waals surface area (Å²) in [6, 6.07) is 11.7. The van der Waals surface area contributed by atoms with E-state index in [1.165, 1.54) is 11.6 Å². The minimum atomic E-state index is -0.788. The Morgan fingerprint density at radius 3 is 2.16 bits per heavy atom. The fourth-order valence-electron chi connectivity index (χ4n) is 2.70. The van der Waals surface area contributed by atoms with Gasteiger partial charge in [0.25, 0.3) is 0 Å². The highest BCUT2D eigenvalue weighted by Crippen LogP contribution is 2.22. The van der Waals surface area contributed by atoms with E-state index < -0.39 is 23.2 Å². The van der Waals surface area contributed by atoms with Gasteiger partial charge in [-0.15, -0.1) is 0 Å². The topological polar surface area (TPSA) is 41.1 Å². The van der Waals surface area contributed by atoms with Crippen LogP contribution < -0.4 is 10.6 Å². The molecule has 0 saturated heterocycles. The van der Waals surface area contributed by atoms with Crippen LogP contribution in [0.2, 0.25) is 0 Å². The predicted octanol–water partition coefficient (Wildman–Crippen LogP) is 4.45. The van der Waals surface area contributed by atoms with Gasteiger partial charge in [-0.1, -0.05) is 51.1 Å². The Kier molecular flexibility index (Phi) is 6.65. The van der Waals surface area contributed by atoms with Crippen LogP contribution in [0.25, 0.3) is 0 Å². The third-order valence-corrected chi connectivity index (χ3v) is 4.12. The number of nitrogens with one attached hydrogen (secondary N) is 2. The van der Waals surface area contributed by atoms with E-state index in [0.29, 0.717) is 0 Å². The molecule has 2 aromatic carbocycles. The maximum Gasteiger partial charge on any atom is 0.238 e. The fourth-order valence-corrected chi connectivity index (χ4v) is 2.70. The first-order valence-corrected chi connectivity index (χ1v) is 8.48. The number of halogens is 2. The minimum absolute atomic E-state index is 0.0258. The predicted molar refractivity (Wildman–Crippen MR) is 96.4 cm³/mol. The van der Waals surface area contributed by atoms with E-state index in [1.54, 1.807) is 0 Å². The molecule has 0 radical (unpaired) electrons. The molecule has 0 aromatic heterocycles. The van der Waals surface area contributed by atoms with E-state index in [0.717, 1.165) is 24.1 Å². The smallest absolute Gasteiger partial charge is 0.238 e. The van der Waals surface area contributed by atoms with Gasteiger partial charge in [0.05, 0.1) is 6.54 Å². The van der Waals surface area contributed by atoms with E-state index in [2.05, 4.69) is 43.5 Å². The van der Waals surface area contributed by atoms with Crippen LogP contribution in [0.5, 0.6) is 0 Å². The molecule has 1 amide bonds. The molecular weight excluding hydrogens is 322 g/mol. The molecule has 134 valence electrons. The van der Waals surface area contributed by atoms with E-state index in [1.807, 2.05) is 12.1 Å². The molecule has 25 heavy (non-hydrogen) atoms. The molecule has 0 aliphatic rings. The van der Waals surface area contributed by atoms with Crippen LogP contribution in [-0.2, 0) is 11.2 Å². The second-order valence-corrected chi connectivity index (χ2v) is 6.34. The van der Waals surface area contributed by atoms with Crippen LogP contribution >= 0.6 is 0 Å². The molecule has 2 aromatic rings. The summed E-state index contributed by atoms with van der Waals surface area (Å²) < 4.78 is 27.2. The first kappa shape index (κ1) is 19.1. The Hall–Kier alpha value is -2.27. The Morgan fingerprint density at radius 2 is 1.64 bits per heavy atom. The molecule has 2 N–H and O–H groups in total. The highest BCUT2D eigenvalue weighted by Gasteiger charge is 2.18. The molecule has 0 heterocycles. The molecule has 0 aliphatic heterocycles. The SMILES string of the molecule is CCc1ccc([C@H](NCC(=O)Nc2c(F)cccc2F)C(C)C)cc1. The highest BCUT2D eigenvalue weighted by molar-refractivity contribution is 5.92. The number of amides is 1. The fraction of sp³-hybridized carbons (Fsp3) is 0.350. The van der Waals surface area contributed by atoms with Crippen molar-refractivity contribution in [1.29, 1.82) is 0 Å². The third-order valence-electron chi connectivity index (χ3n) is 4.12. The number of carbonyl (C=O) groups is 1. The number of aryl methyl sites for hydroxylation is 1. The quantitative estimate of drug-likeness (QED) is 0.777. The van der Waals surface area contributed by atoms with Crippen molar-refractivity contribution < 1.29 is 13.6 Å². The lowest BCUT2D eigenvalue weighted by molar-refractivity contribution is -0.115. The Balaban J connectivity index is 2.01. The molecule has 2 rings (SSSR count). The zero-order valence-corrected chi connectivity index (χ0v) is 14.8. The van der Waals surface area contributed by atoms with E-state index >= 15 is 0 Å². The lowest BCUT2D eigenvalue weighted by Crippen LogP contribution is -2.34. The first-order chi connectivity index (χ1) is 11.9. The lowest BCUT2D eigenvalue weighted by Gasteiger charge is -2.23. The number of hydrogen-bond acceptors (Lipinski definition) is 2. The van der Waals surface area contributed by atoms with Gasteiger partial charge in [0, 0.05) is 6.04 Å². The number of anilines is 1. The molecule has 5 heteroatoms. The van der Waals surface area contributed by atoms with Gasteiger partial charge in [-0.3, -0.25) is 4.79 Å². The van der Waals surface area contributed by atoms with Gasteiger partial charge >= 0.3 is 0 Å². The largest absolute Gasteiger partial charge is 0.320 e. The van der Waals surface area contributed by atoms with Gasteiger partial charge in [-0.25, -0.2) is 8.78 Å². The number of benzene rings is 2. The molecular formula is C20H24F2N2O. The number of carbonyl (C=O) groups excluding carboxylic acids is 1. The minimum Gasteiger partial charge on any atom is -0.320 e. The second-order valence-electron chi connectivity index (χ2n) is 6.34. The molecule has 0 saturated carbocycles. The summed E-state index contributed by atoms with van der Waals surface area (Å²) in [5.74, 6) is -1.81. The molecule has 3 nitrogen and oxygen atoms in total. The van der Waals surface area contributed by atoms with Gasteiger partial charge < -0.3 is 10.6 Å². The summed E-state index contributed by atoms with van der Waals surface area (Å²) in [5.41, 5.74) is 1.92. The van der Waals surface area contributed by atoms with Crippen LogP contribution in [0.3, 0.4) is 0 Å². The van der Waals surface area contributed by atoms with Crippen molar-refractivity contribution >= 4 is 11.6 Å². The van der Waals surface area contributed by atoms with Crippen LogP contribution in [0.1, 0.15) is 37.9 Å². The van der Waals surface area contributed by atoms with Gasteiger partial charge in [0.2, 0.25) is 5.91 Å². The van der Waals surface area contributed by atoms with Gasteiger partial charge in [0.15, 0.2) is 0 Å². The van der Waals surface area contributed by atoms with Gasteiger partial charge in [-0.05, 0) is 35.6 Å². The van der Waals surface area contributed by atoms with Crippen LogP contribution in [0.4, 0.5) is 14.5 Å². The Bertz CT molecular complexity index is 694. The zero-order chi connectivity index (χ0) is 18.4. The highest BCUT2D eigenvalue weighted by atomic mass is 19.1. The number of rotatable bonds is 7. The number of hydrogen-bond donors (Lipinski definition) is 2. The van der Waals surface area contributed by atoms with E-state index in [9.17, 15) is 13.6 Å². The average Bonchev–Trinajstić information content (AvgIpc) is 2.59. The van der Waals surface area contributed by atoms with Crippen molar-refractivity contribution in [2.45, 2.75) is 33.2 Å².